The van der Waals surface area contributed by atoms with E-state index in [0.29, 0.717) is 23.8 Å². The maximum absolute atomic E-state index is 12.7. The second-order valence-electron chi connectivity index (χ2n) is 7.99. The number of sulfonamides is 1. The van der Waals surface area contributed by atoms with Gasteiger partial charge in [0.15, 0.2) is 0 Å². The lowest BCUT2D eigenvalue weighted by molar-refractivity contribution is 0.0948. The number of piperidine rings is 1. The van der Waals surface area contributed by atoms with Gasteiger partial charge in [0.25, 0.3) is 15.9 Å². The van der Waals surface area contributed by atoms with Crippen molar-refractivity contribution in [2.45, 2.75) is 50.5 Å². The van der Waals surface area contributed by atoms with Gasteiger partial charge in [-0.1, -0.05) is 24.6 Å². The summed E-state index contributed by atoms with van der Waals surface area (Å²) in [4.78, 5) is 15.0. The van der Waals surface area contributed by atoms with E-state index in [1.165, 1.54) is 31.4 Å². The molecule has 1 fully saturated rings. The number of carbonyl (C=O) groups excluding carboxylic acids is 1. The molecule has 1 aliphatic rings. The second-order valence-corrected chi connectivity index (χ2v) is 9.68. The summed E-state index contributed by atoms with van der Waals surface area (Å²) in [6, 6.07) is 13.9. The van der Waals surface area contributed by atoms with Crippen LogP contribution in [-0.2, 0) is 10.0 Å². The third-order valence-corrected chi connectivity index (χ3v) is 6.90. The molecule has 0 aliphatic carbocycles. The van der Waals surface area contributed by atoms with Gasteiger partial charge in [0.1, 0.15) is 0 Å². The SMILES string of the molecule is Cc1cccc(NS(=O)(=O)c2cccc(C(=O)NCCCN3CCCC[C@H]3C)c2)c1. The van der Waals surface area contributed by atoms with Gasteiger partial charge in [0.2, 0.25) is 0 Å². The lowest BCUT2D eigenvalue weighted by atomic mass is 10.0. The van der Waals surface area contributed by atoms with E-state index in [2.05, 4.69) is 21.9 Å². The molecule has 7 heteroatoms. The minimum Gasteiger partial charge on any atom is -0.352 e. The van der Waals surface area contributed by atoms with Crippen molar-refractivity contribution in [3.63, 3.8) is 0 Å². The minimum atomic E-state index is -3.77. The number of benzene rings is 2. The molecule has 0 unspecified atom stereocenters. The van der Waals surface area contributed by atoms with Crippen LogP contribution in [0.5, 0.6) is 0 Å². The molecule has 6 nitrogen and oxygen atoms in total. The number of nitrogens with zero attached hydrogens (tertiary/aromatic N) is 1. The molecule has 1 amide bonds. The molecule has 1 heterocycles. The zero-order valence-electron chi connectivity index (χ0n) is 17.7. The number of aryl methyl sites for hydroxylation is 1. The zero-order valence-corrected chi connectivity index (χ0v) is 18.5. The highest BCUT2D eigenvalue weighted by Crippen LogP contribution is 2.18. The second kappa shape index (κ2) is 10.1. The number of likely N-dealkylation sites (tertiary alicyclic amines) is 1. The van der Waals surface area contributed by atoms with Crippen LogP contribution in [0, 0.1) is 6.92 Å². The van der Waals surface area contributed by atoms with Crippen LogP contribution < -0.4 is 10.0 Å². The van der Waals surface area contributed by atoms with E-state index in [1.54, 1.807) is 30.3 Å². The molecule has 0 spiro atoms. The number of rotatable bonds is 8. The summed E-state index contributed by atoms with van der Waals surface area (Å²) in [5.41, 5.74) is 1.80. The van der Waals surface area contributed by atoms with Gasteiger partial charge in [-0.2, -0.15) is 0 Å². The van der Waals surface area contributed by atoms with Gasteiger partial charge in [-0.15, -0.1) is 0 Å². The Balaban J connectivity index is 1.56. The number of amides is 1. The summed E-state index contributed by atoms with van der Waals surface area (Å²) in [7, 11) is -3.77. The molecule has 2 aromatic carbocycles. The minimum absolute atomic E-state index is 0.0683. The first kappa shape index (κ1) is 22.3. The van der Waals surface area contributed by atoms with Gasteiger partial charge in [-0.3, -0.25) is 9.52 Å². The van der Waals surface area contributed by atoms with Crippen molar-refractivity contribution in [2.24, 2.45) is 0 Å². The number of hydrogen-bond acceptors (Lipinski definition) is 4. The molecule has 2 N–H and O–H groups in total. The largest absolute Gasteiger partial charge is 0.352 e. The number of nitrogens with one attached hydrogen (secondary N) is 2. The quantitative estimate of drug-likeness (QED) is 0.626. The van der Waals surface area contributed by atoms with Crippen molar-refractivity contribution in [2.75, 3.05) is 24.4 Å². The van der Waals surface area contributed by atoms with E-state index in [4.69, 9.17) is 0 Å². The van der Waals surface area contributed by atoms with Crippen LogP contribution in [0.4, 0.5) is 5.69 Å². The zero-order chi connectivity index (χ0) is 21.6. The first-order valence-corrected chi connectivity index (χ1v) is 12.1. The average molecular weight is 430 g/mol. The van der Waals surface area contributed by atoms with Crippen LogP contribution >= 0.6 is 0 Å². The summed E-state index contributed by atoms with van der Waals surface area (Å²) in [6.07, 6.45) is 4.66. The fourth-order valence-corrected chi connectivity index (χ4v) is 4.90. The Kier molecular flexibility index (Phi) is 7.50. The standard InChI is InChI=1S/C23H31N3O3S/c1-18-8-5-11-21(16-18)25-30(28,29)22-12-6-10-20(17-22)23(27)24-13-7-15-26-14-4-3-9-19(26)2/h5-6,8,10-12,16-17,19,25H,3-4,7,9,13-15H2,1-2H3,(H,24,27)/t19-/m1/s1. The molecule has 30 heavy (non-hydrogen) atoms. The first-order valence-electron chi connectivity index (χ1n) is 10.6. The van der Waals surface area contributed by atoms with Crippen LogP contribution in [0.25, 0.3) is 0 Å². The van der Waals surface area contributed by atoms with E-state index in [9.17, 15) is 13.2 Å². The highest BCUT2D eigenvalue weighted by atomic mass is 32.2. The fourth-order valence-electron chi connectivity index (χ4n) is 3.80. The highest BCUT2D eigenvalue weighted by Gasteiger charge is 2.18. The van der Waals surface area contributed by atoms with Crippen LogP contribution in [-0.4, -0.2) is 44.9 Å². The van der Waals surface area contributed by atoms with Crippen LogP contribution in [0.2, 0.25) is 0 Å². The molecular formula is C23H31N3O3S. The monoisotopic (exact) mass is 429 g/mol. The third kappa shape index (κ3) is 6.06. The third-order valence-electron chi connectivity index (χ3n) is 5.53. The average Bonchev–Trinajstić information content (AvgIpc) is 2.72. The fraction of sp³-hybridized carbons (Fsp3) is 0.435. The number of anilines is 1. The molecule has 1 aliphatic heterocycles. The van der Waals surface area contributed by atoms with Crippen molar-refractivity contribution in [1.82, 2.24) is 10.2 Å². The Hall–Kier alpha value is -2.38. The molecule has 2 aromatic rings. The van der Waals surface area contributed by atoms with Crippen molar-refractivity contribution in [3.05, 3.63) is 59.7 Å². The lowest BCUT2D eigenvalue weighted by Crippen LogP contribution is -2.39. The predicted octanol–water partition coefficient (Wildman–Crippen LogP) is 3.79. The molecule has 3 rings (SSSR count). The topological polar surface area (TPSA) is 78.5 Å². The maximum atomic E-state index is 12.7. The Labute approximate surface area is 179 Å². The van der Waals surface area contributed by atoms with Crippen molar-refractivity contribution < 1.29 is 13.2 Å². The molecule has 162 valence electrons. The highest BCUT2D eigenvalue weighted by molar-refractivity contribution is 7.92. The van der Waals surface area contributed by atoms with Crippen molar-refractivity contribution in [1.29, 1.82) is 0 Å². The molecule has 0 aromatic heterocycles. The Morgan fingerprint density at radius 1 is 1.13 bits per heavy atom. The summed E-state index contributed by atoms with van der Waals surface area (Å²) in [5.74, 6) is -0.255. The van der Waals surface area contributed by atoms with E-state index in [0.717, 1.165) is 25.1 Å². The van der Waals surface area contributed by atoms with Gasteiger partial charge in [0, 0.05) is 30.4 Å². The first-order chi connectivity index (χ1) is 14.3. The predicted molar refractivity (Wildman–Crippen MR) is 120 cm³/mol. The molecule has 0 bridgehead atoms. The Morgan fingerprint density at radius 3 is 2.70 bits per heavy atom. The van der Waals surface area contributed by atoms with Crippen LogP contribution in [0.3, 0.4) is 0 Å². The van der Waals surface area contributed by atoms with Crippen molar-refractivity contribution in [3.8, 4) is 0 Å². The molecule has 0 radical (unpaired) electrons. The molecular weight excluding hydrogens is 398 g/mol. The van der Waals surface area contributed by atoms with Gasteiger partial charge in [0.05, 0.1) is 4.90 Å². The van der Waals surface area contributed by atoms with Gasteiger partial charge in [-0.25, -0.2) is 8.42 Å². The number of carbonyl (C=O) groups is 1. The van der Waals surface area contributed by atoms with Crippen LogP contribution in [0.1, 0.15) is 48.5 Å². The summed E-state index contributed by atoms with van der Waals surface area (Å²) >= 11 is 0. The van der Waals surface area contributed by atoms with Crippen molar-refractivity contribution >= 4 is 21.6 Å². The Bertz CT molecular complexity index is 975. The summed E-state index contributed by atoms with van der Waals surface area (Å²) < 4.78 is 28.0. The van der Waals surface area contributed by atoms with E-state index < -0.39 is 10.0 Å². The normalized spacial score (nSPS) is 17.5. The Morgan fingerprint density at radius 2 is 1.93 bits per heavy atom. The van der Waals surface area contributed by atoms with Crippen LogP contribution in [0.15, 0.2) is 53.4 Å². The molecule has 1 saturated heterocycles. The molecule has 0 saturated carbocycles. The number of hydrogen-bond donors (Lipinski definition) is 2. The van der Waals surface area contributed by atoms with E-state index in [-0.39, 0.29) is 10.8 Å². The maximum Gasteiger partial charge on any atom is 0.261 e. The van der Waals surface area contributed by atoms with E-state index >= 15 is 0 Å². The van der Waals surface area contributed by atoms with Gasteiger partial charge >= 0.3 is 0 Å². The summed E-state index contributed by atoms with van der Waals surface area (Å²) in [5, 5.41) is 2.91. The smallest absolute Gasteiger partial charge is 0.261 e. The van der Waals surface area contributed by atoms with Gasteiger partial charge < -0.3 is 10.2 Å². The molecule has 1 atom stereocenters. The lowest BCUT2D eigenvalue weighted by Gasteiger charge is -2.33. The van der Waals surface area contributed by atoms with E-state index in [1.807, 2.05) is 13.0 Å². The van der Waals surface area contributed by atoms with Gasteiger partial charge in [-0.05, 0) is 75.5 Å². The summed E-state index contributed by atoms with van der Waals surface area (Å²) in [6.45, 7) is 6.82.